The van der Waals surface area contributed by atoms with Gasteiger partial charge in [-0.2, -0.15) is 0 Å². The van der Waals surface area contributed by atoms with Crippen molar-refractivity contribution >= 4 is 10.4 Å². The maximum atomic E-state index is 10.1. The first-order valence-electron chi connectivity index (χ1n) is 6.66. The van der Waals surface area contributed by atoms with Gasteiger partial charge in [-0.25, -0.2) is 8.42 Å². The van der Waals surface area contributed by atoms with Crippen LogP contribution in [0.3, 0.4) is 0 Å². The molecule has 0 aromatic rings. The van der Waals surface area contributed by atoms with E-state index in [9.17, 15) is 13.0 Å². The van der Waals surface area contributed by atoms with E-state index in [0.29, 0.717) is 6.42 Å². The van der Waals surface area contributed by atoms with Gasteiger partial charge in [0.15, 0.2) is 0 Å². The fourth-order valence-electron chi connectivity index (χ4n) is 1.75. The molecule has 0 rings (SSSR count). The van der Waals surface area contributed by atoms with Gasteiger partial charge in [0.1, 0.15) is 0 Å². The standard InChI is InChI=1S/C12H26O4S.ClH.Na/c1-2-3-4-5-6-7-8-9-10-11-12-16-17(13,14)15;;/h2-12H2,1H3,(H,13,14,15);1H;/q;;+1/p-1. The van der Waals surface area contributed by atoms with Crippen LogP contribution >= 0.6 is 0 Å². The van der Waals surface area contributed by atoms with Gasteiger partial charge in [0.05, 0.1) is 6.61 Å². The summed E-state index contributed by atoms with van der Waals surface area (Å²) in [7, 11) is -4.48. The Morgan fingerprint density at radius 2 is 1.26 bits per heavy atom. The van der Waals surface area contributed by atoms with E-state index >= 15 is 0 Å². The number of hydrogen-bond acceptors (Lipinski definition) is 4. The normalized spacial score (nSPS) is 10.6. The first-order chi connectivity index (χ1) is 8.06. The van der Waals surface area contributed by atoms with Crippen molar-refractivity contribution in [2.75, 3.05) is 6.61 Å². The second kappa shape index (κ2) is 17.2. The van der Waals surface area contributed by atoms with Crippen LogP contribution in [0.5, 0.6) is 0 Å². The molecule has 4 nitrogen and oxygen atoms in total. The molecule has 0 unspecified atom stereocenters. The fraction of sp³-hybridized carbons (Fsp3) is 1.00. The minimum Gasteiger partial charge on any atom is -1.00 e. The Balaban J connectivity index is -0.000000427. The van der Waals surface area contributed by atoms with Gasteiger partial charge in [0.25, 0.3) is 0 Å². The van der Waals surface area contributed by atoms with Crippen LogP contribution in [-0.4, -0.2) is 19.6 Å². The van der Waals surface area contributed by atoms with Crippen molar-refractivity contribution in [3.63, 3.8) is 0 Å². The van der Waals surface area contributed by atoms with Crippen LogP contribution in [0.15, 0.2) is 0 Å². The van der Waals surface area contributed by atoms with Gasteiger partial charge in [-0.15, -0.1) is 0 Å². The van der Waals surface area contributed by atoms with Crippen molar-refractivity contribution < 1.29 is 60.5 Å². The van der Waals surface area contributed by atoms with E-state index in [2.05, 4.69) is 11.1 Å². The summed E-state index contributed by atoms with van der Waals surface area (Å²) in [6, 6.07) is 0. The zero-order chi connectivity index (χ0) is 13.0. The van der Waals surface area contributed by atoms with Crippen LogP contribution in [0, 0.1) is 0 Å². The Kier molecular flexibility index (Phi) is 22.8. The molecule has 0 aromatic carbocycles. The van der Waals surface area contributed by atoms with Gasteiger partial charge in [0.2, 0.25) is 10.4 Å². The summed E-state index contributed by atoms with van der Waals surface area (Å²) < 4.78 is 34.5. The van der Waals surface area contributed by atoms with Crippen LogP contribution < -0.4 is 42.0 Å². The smallest absolute Gasteiger partial charge is 1.00 e. The van der Waals surface area contributed by atoms with Gasteiger partial charge >= 0.3 is 31.0 Å². The Hall–Kier alpha value is 1.16. The summed E-state index contributed by atoms with van der Waals surface area (Å²) in [4.78, 5) is 0. The zero-order valence-electron chi connectivity index (χ0n) is 13.2. The number of unbranched alkanes of at least 4 members (excludes halogenated alkanes) is 9. The van der Waals surface area contributed by atoms with Crippen molar-refractivity contribution in [1.82, 2.24) is 0 Å². The maximum absolute atomic E-state index is 10.1. The molecule has 0 aliphatic heterocycles. The SMILES string of the molecule is CCCCCCCCCCCCOS(=O)(=O)[O-].[Cl-].[H+].[Na+]. The zero-order valence-corrected chi connectivity index (χ0v) is 15.8. The molecule has 112 valence electrons. The summed E-state index contributed by atoms with van der Waals surface area (Å²) in [6.45, 7) is 2.24. The van der Waals surface area contributed by atoms with Crippen LogP contribution in [0.2, 0.25) is 0 Å². The molecule has 0 saturated heterocycles. The molecule has 0 atom stereocenters. The van der Waals surface area contributed by atoms with Crippen LogP contribution in [0.1, 0.15) is 72.6 Å². The Morgan fingerprint density at radius 3 is 1.63 bits per heavy atom. The average Bonchev–Trinajstić information content (AvgIpc) is 2.24. The Bertz CT molecular complexity index is 266. The number of hydrogen-bond donors (Lipinski definition) is 0. The van der Waals surface area contributed by atoms with E-state index in [4.69, 9.17) is 0 Å². The van der Waals surface area contributed by atoms with E-state index in [0.717, 1.165) is 12.8 Å². The van der Waals surface area contributed by atoms with Gasteiger partial charge < -0.3 is 17.0 Å². The predicted molar refractivity (Wildman–Crippen MR) is 68.6 cm³/mol. The second-order valence-electron chi connectivity index (χ2n) is 4.41. The third kappa shape index (κ3) is 24.5. The van der Waals surface area contributed by atoms with Crippen LogP contribution in [-0.2, 0) is 14.6 Å². The summed E-state index contributed by atoms with van der Waals surface area (Å²) in [5, 5.41) is 0. The first kappa shape index (κ1) is 25.1. The molecular formula is C12H26ClNaO4S. The molecule has 7 heteroatoms. The maximum Gasteiger partial charge on any atom is 1.00 e. The quantitative estimate of drug-likeness (QED) is 0.172. The molecule has 0 saturated carbocycles. The van der Waals surface area contributed by atoms with Crippen LogP contribution in [0.4, 0.5) is 0 Å². The molecule has 0 heterocycles. The van der Waals surface area contributed by atoms with Gasteiger partial charge in [0, 0.05) is 0 Å². The van der Waals surface area contributed by atoms with E-state index in [1.54, 1.807) is 0 Å². The van der Waals surface area contributed by atoms with Crippen molar-refractivity contribution in [1.29, 1.82) is 0 Å². The van der Waals surface area contributed by atoms with Crippen molar-refractivity contribution in [3.8, 4) is 0 Å². The molecule has 19 heavy (non-hydrogen) atoms. The Labute approximate surface area is 148 Å². The van der Waals surface area contributed by atoms with Crippen molar-refractivity contribution in [3.05, 3.63) is 0 Å². The third-order valence-corrected chi connectivity index (χ3v) is 3.18. The summed E-state index contributed by atoms with van der Waals surface area (Å²) in [5.41, 5.74) is 0. The molecule has 0 aliphatic rings. The molecule has 0 aliphatic carbocycles. The molecule has 0 radical (unpaired) electrons. The third-order valence-electron chi connectivity index (χ3n) is 2.73. The molecule has 0 spiro atoms. The van der Waals surface area contributed by atoms with E-state index in [1.165, 1.54) is 44.9 Å². The summed E-state index contributed by atoms with van der Waals surface area (Å²) in [5.74, 6) is 0. The van der Waals surface area contributed by atoms with Crippen molar-refractivity contribution in [2.24, 2.45) is 0 Å². The molecule has 0 aromatic heterocycles. The number of halogens is 1. The summed E-state index contributed by atoms with van der Waals surface area (Å²) >= 11 is 0. The minimum absolute atomic E-state index is 0. The predicted octanol–water partition coefficient (Wildman–Crippen LogP) is -2.50. The van der Waals surface area contributed by atoms with Crippen molar-refractivity contribution in [2.45, 2.75) is 71.1 Å². The largest absolute Gasteiger partial charge is 1.00 e. The molecule has 0 fully saturated rings. The minimum atomic E-state index is -4.48. The average molecular weight is 325 g/mol. The number of rotatable bonds is 12. The van der Waals surface area contributed by atoms with Gasteiger partial charge in [-0.3, -0.25) is 4.18 Å². The monoisotopic (exact) mass is 324 g/mol. The molecular weight excluding hydrogens is 299 g/mol. The van der Waals surface area contributed by atoms with Gasteiger partial charge in [-0.1, -0.05) is 64.7 Å². The fourth-order valence-corrected chi connectivity index (χ4v) is 2.07. The van der Waals surface area contributed by atoms with Gasteiger partial charge in [-0.05, 0) is 6.42 Å². The molecule has 0 bridgehead atoms. The van der Waals surface area contributed by atoms with Crippen LogP contribution in [0.25, 0.3) is 0 Å². The van der Waals surface area contributed by atoms with E-state index in [1.807, 2.05) is 0 Å². The van der Waals surface area contributed by atoms with E-state index < -0.39 is 10.4 Å². The second-order valence-corrected chi connectivity index (χ2v) is 5.46. The van der Waals surface area contributed by atoms with E-state index in [-0.39, 0.29) is 50.0 Å². The summed E-state index contributed by atoms with van der Waals surface area (Å²) in [6.07, 6.45) is 11.7. The molecule has 0 N–H and O–H groups in total. The first-order valence-corrected chi connectivity index (χ1v) is 8.00. The Morgan fingerprint density at radius 1 is 0.895 bits per heavy atom. The topological polar surface area (TPSA) is 66.4 Å². The molecule has 0 amide bonds.